The van der Waals surface area contributed by atoms with Gasteiger partial charge in [0.25, 0.3) is 0 Å². The summed E-state index contributed by atoms with van der Waals surface area (Å²) in [6.07, 6.45) is 0. The van der Waals surface area contributed by atoms with Crippen molar-refractivity contribution in [3.05, 3.63) is 35.1 Å². The van der Waals surface area contributed by atoms with E-state index in [2.05, 4.69) is 26.1 Å². The molecule has 0 saturated heterocycles. The van der Waals surface area contributed by atoms with Crippen LogP contribution in [0.3, 0.4) is 0 Å². The second-order valence-electron chi connectivity index (χ2n) is 5.09. The fraction of sp³-hybridized carbons (Fsp3) is 0.538. The summed E-state index contributed by atoms with van der Waals surface area (Å²) in [4.78, 5) is 0. The van der Waals surface area contributed by atoms with Gasteiger partial charge in [-0.15, -0.1) is 0 Å². The van der Waals surface area contributed by atoms with Crippen LogP contribution < -0.4 is 5.32 Å². The van der Waals surface area contributed by atoms with Gasteiger partial charge in [0.1, 0.15) is 5.82 Å². The van der Waals surface area contributed by atoms with Gasteiger partial charge in [0.2, 0.25) is 0 Å². The molecule has 0 saturated carbocycles. The van der Waals surface area contributed by atoms with Crippen LogP contribution in [0.25, 0.3) is 0 Å². The van der Waals surface area contributed by atoms with Crippen molar-refractivity contribution in [1.29, 1.82) is 0 Å². The summed E-state index contributed by atoms with van der Waals surface area (Å²) < 4.78 is 13.2. The Morgan fingerprint density at radius 1 is 1.27 bits per heavy atom. The van der Waals surface area contributed by atoms with Gasteiger partial charge in [-0.1, -0.05) is 26.8 Å². The molecule has 0 aliphatic heterocycles. The first kappa shape index (κ1) is 12.2. The molecule has 0 aliphatic carbocycles. The normalized spacial score (nSPS) is 14.0. The second kappa shape index (κ2) is 4.31. The quantitative estimate of drug-likeness (QED) is 0.786. The molecule has 1 unspecified atom stereocenters. The highest BCUT2D eigenvalue weighted by atomic mass is 19.1. The van der Waals surface area contributed by atoms with Crippen LogP contribution in [-0.2, 0) is 0 Å². The zero-order valence-electron chi connectivity index (χ0n) is 10.2. The van der Waals surface area contributed by atoms with Crippen molar-refractivity contribution in [3.8, 4) is 0 Å². The molecule has 0 amide bonds. The largest absolute Gasteiger partial charge is 0.313 e. The van der Waals surface area contributed by atoms with E-state index in [9.17, 15) is 4.39 Å². The number of hydrogen-bond acceptors (Lipinski definition) is 1. The van der Waals surface area contributed by atoms with Crippen LogP contribution in [0, 0.1) is 18.2 Å². The lowest BCUT2D eigenvalue weighted by Gasteiger charge is -2.32. The van der Waals surface area contributed by atoms with E-state index in [-0.39, 0.29) is 17.3 Å². The highest BCUT2D eigenvalue weighted by molar-refractivity contribution is 5.30. The van der Waals surface area contributed by atoms with E-state index in [1.54, 1.807) is 6.07 Å². The van der Waals surface area contributed by atoms with Crippen molar-refractivity contribution >= 4 is 0 Å². The molecule has 1 aromatic rings. The first-order valence-corrected chi connectivity index (χ1v) is 5.29. The SMILES string of the molecule is CNC(c1cc(F)ccc1C)C(C)(C)C. The van der Waals surface area contributed by atoms with Crippen LogP contribution >= 0.6 is 0 Å². The third-order valence-corrected chi connectivity index (χ3v) is 2.71. The first-order valence-electron chi connectivity index (χ1n) is 5.29. The zero-order valence-corrected chi connectivity index (χ0v) is 10.2. The summed E-state index contributed by atoms with van der Waals surface area (Å²) in [6, 6.07) is 5.14. The fourth-order valence-corrected chi connectivity index (χ4v) is 1.98. The van der Waals surface area contributed by atoms with E-state index >= 15 is 0 Å². The Morgan fingerprint density at radius 2 is 1.87 bits per heavy atom. The van der Waals surface area contributed by atoms with E-state index in [1.165, 1.54) is 6.07 Å². The number of hydrogen-bond donors (Lipinski definition) is 1. The van der Waals surface area contributed by atoms with Gasteiger partial charge in [-0.05, 0) is 42.6 Å². The van der Waals surface area contributed by atoms with Crippen molar-refractivity contribution in [2.24, 2.45) is 5.41 Å². The Balaban J connectivity index is 3.18. The third kappa shape index (κ3) is 2.78. The number of rotatable bonds is 2. The van der Waals surface area contributed by atoms with Crippen LogP contribution in [0.1, 0.15) is 37.9 Å². The molecule has 0 spiro atoms. The molecule has 1 nitrogen and oxygen atoms in total. The maximum Gasteiger partial charge on any atom is 0.123 e. The number of halogens is 1. The van der Waals surface area contributed by atoms with E-state index in [1.807, 2.05) is 20.0 Å². The lowest BCUT2D eigenvalue weighted by atomic mass is 9.81. The molecule has 0 radical (unpaired) electrons. The average molecular weight is 209 g/mol. The van der Waals surface area contributed by atoms with Crippen LogP contribution in [0.2, 0.25) is 0 Å². The molecular weight excluding hydrogens is 189 g/mol. The molecule has 84 valence electrons. The summed E-state index contributed by atoms with van der Waals surface area (Å²) >= 11 is 0. The van der Waals surface area contributed by atoms with Crippen LogP contribution in [-0.4, -0.2) is 7.05 Å². The molecule has 1 aromatic carbocycles. The van der Waals surface area contributed by atoms with E-state index in [4.69, 9.17) is 0 Å². The minimum Gasteiger partial charge on any atom is -0.313 e. The molecule has 0 aromatic heterocycles. The van der Waals surface area contributed by atoms with Crippen molar-refractivity contribution in [3.63, 3.8) is 0 Å². The number of aryl methyl sites for hydroxylation is 1. The molecule has 1 N–H and O–H groups in total. The summed E-state index contributed by atoms with van der Waals surface area (Å²) in [5, 5.41) is 3.26. The van der Waals surface area contributed by atoms with Gasteiger partial charge in [0.15, 0.2) is 0 Å². The molecule has 0 fully saturated rings. The Bertz CT molecular complexity index is 339. The van der Waals surface area contributed by atoms with Crippen molar-refractivity contribution in [1.82, 2.24) is 5.32 Å². The van der Waals surface area contributed by atoms with Crippen molar-refractivity contribution in [2.75, 3.05) is 7.05 Å². The summed E-state index contributed by atoms with van der Waals surface area (Å²) in [6.45, 7) is 8.47. The number of benzene rings is 1. The molecular formula is C13H20FN. The standard InChI is InChI=1S/C13H20FN/c1-9-6-7-10(14)8-11(9)12(15-5)13(2,3)4/h6-8,12,15H,1-5H3. The predicted molar refractivity (Wildman–Crippen MR) is 62.4 cm³/mol. The molecule has 1 atom stereocenters. The minimum atomic E-state index is -0.167. The molecule has 2 heteroatoms. The van der Waals surface area contributed by atoms with Gasteiger partial charge >= 0.3 is 0 Å². The maximum absolute atomic E-state index is 13.2. The zero-order chi connectivity index (χ0) is 11.6. The van der Waals surface area contributed by atoms with E-state index in [0.717, 1.165) is 11.1 Å². The Hall–Kier alpha value is -0.890. The van der Waals surface area contributed by atoms with Crippen molar-refractivity contribution in [2.45, 2.75) is 33.7 Å². The van der Waals surface area contributed by atoms with Crippen LogP contribution in [0.4, 0.5) is 4.39 Å². The Morgan fingerprint density at radius 3 is 2.33 bits per heavy atom. The highest BCUT2D eigenvalue weighted by Crippen LogP contribution is 2.34. The molecule has 0 bridgehead atoms. The average Bonchev–Trinajstić information content (AvgIpc) is 2.10. The maximum atomic E-state index is 13.2. The highest BCUT2D eigenvalue weighted by Gasteiger charge is 2.25. The third-order valence-electron chi connectivity index (χ3n) is 2.71. The monoisotopic (exact) mass is 209 g/mol. The van der Waals surface area contributed by atoms with Gasteiger partial charge < -0.3 is 5.32 Å². The molecule has 1 rings (SSSR count). The van der Waals surface area contributed by atoms with Gasteiger partial charge in [0, 0.05) is 6.04 Å². The molecule has 0 heterocycles. The molecule has 0 aliphatic rings. The topological polar surface area (TPSA) is 12.0 Å². The smallest absolute Gasteiger partial charge is 0.123 e. The van der Waals surface area contributed by atoms with Gasteiger partial charge in [-0.2, -0.15) is 0 Å². The lowest BCUT2D eigenvalue weighted by Crippen LogP contribution is -2.30. The van der Waals surface area contributed by atoms with Crippen LogP contribution in [0.5, 0.6) is 0 Å². The first-order chi connectivity index (χ1) is 6.86. The van der Waals surface area contributed by atoms with Gasteiger partial charge in [0.05, 0.1) is 0 Å². The van der Waals surface area contributed by atoms with Gasteiger partial charge in [-0.25, -0.2) is 4.39 Å². The van der Waals surface area contributed by atoms with E-state index < -0.39 is 0 Å². The minimum absolute atomic E-state index is 0.0767. The van der Waals surface area contributed by atoms with Crippen LogP contribution in [0.15, 0.2) is 18.2 Å². The Kier molecular flexibility index (Phi) is 3.50. The predicted octanol–water partition coefficient (Wildman–Crippen LogP) is 3.44. The summed E-state index contributed by atoms with van der Waals surface area (Å²) in [7, 11) is 1.92. The summed E-state index contributed by atoms with van der Waals surface area (Å²) in [5.74, 6) is -0.167. The fourth-order valence-electron chi connectivity index (χ4n) is 1.98. The number of nitrogens with one attached hydrogen (secondary N) is 1. The second-order valence-corrected chi connectivity index (χ2v) is 5.09. The lowest BCUT2D eigenvalue weighted by molar-refractivity contribution is 0.285. The van der Waals surface area contributed by atoms with Crippen molar-refractivity contribution < 1.29 is 4.39 Å². The van der Waals surface area contributed by atoms with Gasteiger partial charge in [-0.3, -0.25) is 0 Å². The molecule has 15 heavy (non-hydrogen) atoms. The van der Waals surface area contributed by atoms with E-state index in [0.29, 0.717) is 0 Å². The summed E-state index contributed by atoms with van der Waals surface area (Å²) in [5.41, 5.74) is 2.25. The Labute approximate surface area is 91.7 Å².